The zero-order valence-corrected chi connectivity index (χ0v) is 8.91. The summed E-state index contributed by atoms with van der Waals surface area (Å²) in [7, 11) is 0. The average Bonchev–Trinajstić information content (AvgIpc) is 2.45. The first kappa shape index (κ1) is 10.4. The number of nitrogens with one attached hydrogen (secondary N) is 1. The van der Waals surface area contributed by atoms with Gasteiger partial charge in [-0.05, 0) is 37.3 Å². The minimum absolute atomic E-state index is 0.197. The molecule has 0 aromatic carbocycles. The lowest BCUT2D eigenvalue weighted by atomic mass is 10.2. The standard InChI is InChI=1S/C10H15NOS/c1-8-4-6-13-10(8)3-5-11-7-9(2)12/h4,6,11H,3,5,7H2,1-2H3. The van der Waals surface area contributed by atoms with Crippen LogP contribution in [0.3, 0.4) is 0 Å². The lowest BCUT2D eigenvalue weighted by Gasteiger charge is -2.01. The maximum Gasteiger partial charge on any atom is 0.143 e. The van der Waals surface area contributed by atoms with Gasteiger partial charge in [-0.1, -0.05) is 0 Å². The summed E-state index contributed by atoms with van der Waals surface area (Å²) in [6, 6.07) is 2.13. The predicted molar refractivity (Wildman–Crippen MR) is 56.3 cm³/mol. The highest BCUT2D eigenvalue weighted by Crippen LogP contribution is 2.15. The summed E-state index contributed by atoms with van der Waals surface area (Å²) in [5.41, 5.74) is 1.36. The van der Waals surface area contributed by atoms with Crippen molar-refractivity contribution < 1.29 is 4.79 Å². The van der Waals surface area contributed by atoms with Gasteiger partial charge in [-0.15, -0.1) is 11.3 Å². The Morgan fingerprint density at radius 2 is 2.38 bits per heavy atom. The third kappa shape index (κ3) is 3.70. The summed E-state index contributed by atoms with van der Waals surface area (Å²) in [6.45, 7) is 5.10. The molecule has 0 unspecified atom stereocenters. The van der Waals surface area contributed by atoms with Crippen molar-refractivity contribution in [2.75, 3.05) is 13.1 Å². The van der Waals surface area contributed by atoms with Gasteiger partial charge in [0.15, 0.2) is 0 Å². The maximum absolute atomic E-state index is 10.6. The molecule has 0 aliphatic carbocycles. The van der Waals surface area contributed by atoms with Crippen LogP contribution in [0.25, 0.3) is 0 Å². The topological polar surface area (TPSA) is 29.1 Å². The molecule has 0 aliphatic rings. The van der Waals surface area contributed by atoms with Crippen molar-refractivity contribution in [3.8, 4) is 0 Å². The second-order valence-corrected chi connectivity index (χ2v) is 4.16. The highest BCUT2D eigenvalue weighted by atomic mass is 32.1. The maximum atomic E-state index is 10.6. The Balaban J connectivity index is 2.20. The van der Waals surface area contributed by atoms with Crippen LogP contribution in [0.1, 0.15) is 17.4 Å². The molecular formula is C10H15NOS. The zero-order chi connectivity index (χ0) is 9.68. The van der Waals surface area contributed by atoms with Gasteiger partial charge in [0.25, 0.3) is 0 Å². The van der Waals surface area contributed by atoms with Crippen molar-refractivity contribution in [3.63, 3.8) is 0 Å². The summed E-state index contributed by atoms with van der Waals surface area (Å²) < 4.78 is 0. The highest BCUT2D eigenvalue weighted by Gasteiger charge is 1.99. The SMILES string of the molecule is CC(=O)CNCCc1sccc1C. The van der Waals surface area contributed by atoms with E-state index in [9.17, 15) is 4.79 Å². The van der Waals surface area contributed by atoms with Gasteiger partial charge in [0.2, 0.25) is 0 Å². The summed E-state index contributed by atoms with van der Waals surface area (Å²) in [6.07, 6.45) is 1.02. The summed E-state index contributed by atoms with van der Waals surface area (Å²) in [4.78, 5) is 12.0. The third-order valence-corrected chi connectivity index (χ3v) is 2.95. The Morgan fingerprint density at radius 1 is 1.62 bits per heavy atom. The number of thiophene rings is 1. The number of hydrogen-bond acceptors (Lipinski definition) is 3. The van der Waals surface area contributed by atoms with E-state index in [1.54, 1.807) is 18.3 Å². The van der Waals surface area contributed by atoms with E-state index < -0.39 is 0 Å². The fourth-order valence-electron chi connectivity index (χ4n) is 1.13. The smallest absolute Gasteiger partial charge is 0.143 e. The molecule has 0 aliphatic heterocycles. The summed E-state index contributed by atoms with van der Waals surface area (Å²) in [5, 5.41) is 5.21. The summed E-state index contributed by atoms with van der Waals surface area (Å²) >= 11 is 1.78. The van der Waals surface area contributed by atoms with Crippen LogP contribution in [-0.2, 0) is 11.2 Å². The van der Waals surface area contributed by atoms with Crippen LogP contribution in [0.2, 0.25) is 0 Å². The van der Waals surface area contributed by atoms with Crippen LogP contribution < -0.4 is 5.32 Å². The van der Waals surface area contributed by atoms with E-state index in [1.165, 1.54) is 10.4 Å². The first-order valence-corrected chi connectivity index (χ1v) is 5.31. The van der Waals surface area contributed by atoms with Crippen molar-refractivity contribution in [3.05, 3.63) is 21.9 Å². The minimum Gasteiger partial charge on any atom is -0.310 e. The van der Waals surface area contributed by atoms with Gasteiger partial charge in [0.1, 0.15) is 5.78 Å². The molecule has 0 saturated carbocycles. The number of aryl methyl sites for hydroxylation is 1. The largest absolute Gasteiger partial charge is 0.310 e. The van der Waals surface area contributed by atoms with Crippen molar-refractivity contribution in [2.45, 2.75) is 20.3 Å². The Bertz CT molecular complexity index is 280. The molecule has 1 aromatic heterocycles. The van der Waals surface area contributed by atoms with E-state index in [-0.39, 0.29) is 5.78 Å². The molecule has 2 nitrogen and oxygen atoms in total. The van der Waals surface area contributed by atoms with Gasteiger partial charge in [-0.3, -0.25) is 4.79 Å². The fraction of sp³-hybridized carbons (Fsp3) is 0.500. The number of hydrogen-bond donors (Lipinski definition) is 1. The molecule has 72 valence electrons. The fourth-order valence-corrected chi connectivity index (χ4v) is 2.04. The molecule has 0 spiro atoms. The normalized spacial score (nSPS) is 10.3. The lowest BCUT2D eigenvalue weighted by molar-refractivity contribution is -0.116. The molecule has 0 radical (unpaired) electrons. The number of Topliss-reactive ketones (excluding diaryl/α,β-unsaturated/α-hetero) is 1. The van der Waals surface area contributed by atoms with Gasteiger partial charge in [0.05, 0.1) is 6.54 Å². The Morgan fingerprint density at radius 3 is 2.92 bits per heavy atom. The van der Waals surface area contributed by atoms with Crippen molar-refractivity contribution >= 4 is 17.1 Å². The molecule has 0 fully saturated rings. The molecule has 13 heavy (non-hydrogen) atoms. The van der Waals surface area contributed by atoms with Crippen LogP contribution in [-0.4, -0.2) is 18.9 Å². The number of ketones is 1. The molecule has 1 heterocycles. The minimum atomic E-state index is 0.197. The molecule has 1 N–H and O–H groups in total. The molecule has 1 rings (SSSR count). The van der Waals surface area contributed by atoms with Crippen molar-refractivity contribution in [2.24, 2.45) is 0 Å². The van der Waals surface area contributed by atoms with Gasteiger partial charge in [-0.25, -0.2) is 0 Å². The number of rotatable bonds is 5. The van der Waals surface area contributed by atoms with Crippen LogP contribution >= 0.6 is 11.3 Å². The lowest BCUT2D eigenvalue weighted by Crippen LogP contribution is -2.23. The van der Waals surface area contributed by atoms with E-state index in [4.69, 9.17) is 0 Å². The first-order valence-electron chi connectivity index (χ1n) is 4.43. The summed E-state index contributed by atoms with van der Waals surface area (Å²) in [5.74, 6) is 0.197. The van der Waals surface area contributed by atoms with E-state index in [0.717, 1.165) is 13.0 Å². The molecule has 3 heteroatoms. The molecule has 1 aromatic rings. The number of carbonyl (C=O) groups is 1. The molecule has 0 amide bonds. The molecular weight excluding hydrogens is 182 g/mol. The predicted octanol–water partition coefficient (Wildman–Crippen LogP) is 1.78. The quantitative estimate of drug-likeness (QED) is 0.729. The Kier molecular flexibility index (Phi) is 4.12. The zero-order valence-electron chi connectivity index (χ0n) is 8.09. The second kappa shape index (κ2) is 5.14. The molecule has 0 atom stereocenters. The van der Waals surface area contributed by atoms with Crippen LogP contribution in [0.4, 0.5) is 0 Å². The van der Waals surface area contributed by atoms with Crippen molar-refractivity contribution in [1.82, 2.24) is 5.32 Å². The van der Waals surface area contributed by atoms with Gasteiger partial charge in [-0.2, -0.15) is 0 Å². The van der Waals surface area contributed by atoms with Gasteiger partial charge in [0, 0.05) is 11.4 Å². The van der Waals surface area contributed by atoms with Gasteiger partial charge < -0.3 is 5.32 Å². The second-order valence-electron chi connectivity index (χ2n) is 3.16. The van der Waals surface area contributed by atoms with Crippen LogP contribution in [0, 0.1) is 6.92 Å². The van der Waals surface area contributed by atoms with E-state index in [1.807, 2.05) is 0 Å². The Labute approximate surface area is 83.0 Å². The molecule has 0 bridgehead atoms. The first-order chi connectivity index (χ1) is 6.20. The van der Waals surface area contributed by atoms with E-state index in [2.05, 4.69) is 23.7 Å². The Hall–Kier alpha value is -0.670. The third-order valence-electron chi connectivity index (χ3n) is 1.87. The van der Waals surface area contributed by atoms with E-state index >= 15 is 0 Å². The van der Waals surface area contributed by atoms with Crippen LogP contribution in [0.15, 0.2) is 11.4 Å². The highest BCUT2D eigenvalue weighted by molar-refractivity contribution is 7.10. The average molecular weight is 197 g/mol. The van der Waals surface area contributed by atoms with Gasteiger partial charge >= 0.3 is 0 Å². The monoisotopic (exact) mass is 197 g/mol. The number of carbonyl (C=O) groups excluding carboxylic acids is 1. The molecule has 0 saturated heterocycles. The van der Waals surface area contributed by atoms with Crippen LogP contribution in [0.5, 0.6) is 0 Å². The van der Waals surface area contributed by atoms with Crippen molar-refractivity contribution in [1.29, 1.82) is 0 Å². The van der Waals surface area contributed by atoms with E-state index in [0.29, 0.717) is 6.54 Å².